The Kier molecular flexibility index (Phi) is 4.84. The average molecular weight is 400 g/mol. The molecule has 11 heteroatoms. The zero-order valence-electron chi connectivity index (χ0n) is 13.7. The van der Waals surface area contributed by atoms with E-state index < -0.39 is 40.8 Å². The van der Waals surface area contributed by atoms with Gasteiger partial charge in [0.1, 0.15) is 5.82 Å². The predicted molar refractivity (Wildman–Crippen MR) is 85.8 cm³/mol. The quantitative estimate of drug-likeness (QED) is 0.656. The summed E-state index contributed by atoms with van der Waals surface area (Å²) in [6.45, 7) is 0. The molecular formula is C17H10F6N4O. The van der Waals surface area contributed by atoms with E-state index in [-0.39, 0.29) is 10.5 Å². The number of nitrogens with zero attached hydrogens (tertiary/aromatic N) is 3. The molecule has 1 amide bonds. The molecule has 0 radical (unpaired) electrons. The third kappa shape index (κ3) is 3.97. The number of hydrogen-bond donors (Lipinski definition) is 1. The standard InChI is InChI=1S/C17H10F6N4O/c18-16(19,20)10-4-3-5-11(8-10)27-14(17(21,22)23)12(9-25-27)15(28)26-13-6-1-2-7-24-13/h1-9H,(H,24,26,28). The third-order valence-electron chi connectivity index (χ3n) is 3.61. The molecule has 0 spiro atoms. The number of alkyl halides is 6. The topological polar surface area (TPSA) is 59.8 Å². The molecule has 1 N–H and O–H groups in total. The van der Waals surface area contributed by atoms with E-state index in [0.717, 1.165) is 18.2 Å². The fraction of sp³-hybridized carbons (Fsp3) is 0.118. The first kappa shape index (κ1) is 19.4. The number of anilines is 1. The van der Waals surface area contributed by atoms with Gasteiger partial charge in [0, 0.05) is 6.20 Å². The van der Waals surface area contributed by atoms with E-state index in [1.165, 1.54) is 18.3 Å². The Morgan fingerprint density at radius 3 is 2.32 bits per heavy atom. The highest BCUT2D eigenvalue weighted by Gasteiger charge is 2.41. The van der Waals surface area contributed by atoms with Gasteiger partial charge in [-0.25, -0.2) is 9.67 Å². The van der Waals surface area contributed by atoms with Crippen molar-refractivity contribution in [3.05, 3.63) is 71.7 Å². The molecule has 28 heavy (non-hydrogen) atoms. The number of benzene rings is 1. The molecule has 0 aliphatic heterocycles. The van der Waals surface area contributed by atoms with Crippen LogP contribution in [0.5, 0.6) is 0 Å². The Hall–Kier alpha value is -3.37. The first-order valence-electron chi connectivity index (χ1n) is 7.62. The summed E-state index contributed by atoms with van der Waals surface area (Å²) in [6, 6.07) is 7.63. The lowest BCUT2D eigenvalue weighted by Crippen LogP contribution is -2.21. The summed E-state index contributed by atoms with van der Waals surface area (Å²) in [7, 11) is 0. The fourth-order valence-corrected chi connectivity index (χ4v) is 2.42. The van der Waals surface area contributed by atoms with E-state index >= 15 is 0 Å². The van der Waals surface area contributed by atoms with Crippen LogP contribution in [0.2, 0.25) is 0 Å². The summed E-state index contributed by atoms with van der Waals surface area (Å²) in [5.41, 5.74) is -3.98. The van der Waals surface area contributed by atoms with Crippen molar-refractivity contribution in [3.63, 3.8) is 0 Å². The van der Waals surface area contributed by atoms with Crippen molar-refractivity contribution in [3.8, 4) is 5.69 Å². The number of carbonyl (C=O) groups is 1. The molecule has 0 unspecified atom stereocenters. The number of hydrogen-bond acceptors (Lipinski definition) is 3. The van der Waals surface area contributed by atoms with Gasteiger partial charge in [-0.15, -0.1) is 0 Å². The summed E-state index contributed by atoms with van der Waals surface area (Å²) >= 11 is 0. The van der Waals surface area contributed by atoms with Crippen LogP contribution >= 0.6 is 0 Å². The van der Waals surface area contributed by atoms with E-state index in [1.807, 2.05) is 0 Å². The Labute approximate surface area is 153 Å². The zero-order valence-corrected chi connectivity index (χ0v) is 13.7. The molecule has 3 rings (SSSR count). The number of nitrogens with one attached hydrogen (secondary N) is 1. The van der Waals surface area contributed by atoms with Crippen molar-refractivity contribution in [1.29, 1.82) is 0 Å². The molecule has 0 fully saturated rings. The van der Waals surface area contributed by atoms with Crippen LogP contribution in [0.15, 0.2) is 54.9 Å². The van der Waals surface area contributed by atoms with E-state index in [9.17, 15) is 31.1 Å². The van der Waals surface area contributed by atoms with Crippen LogP contribution in [0.3, 0.4) is 0 Å². The van der Waals surface area contributed by atoms with Crippen molar-refractivity contribution in [1.82, 2.24) is 14.8 Å². The molecule has 0 bridgehead atoms. The molecule has 0 saturated carbocycles. The third-order valence-corrected chi connectivity index (χ3v) is 3.61. The van der Waals surface area contributed by atoms with Gasteiger partial charge in [-0.3, -0.25) is 4.79 Å². The summed E-state index contributed by atoms with van der Waals surface area (Å²) in [4.78, 5) is 16.0. The van der Waals surface area contributed by atoms with Crippen molar-refractivity contribution in [2.24, 2.45) is 0 Å². The lowest BCUT2D eigenvalue weighted by atomic mass is 10.1. The SMILES string of the molecule is O=C(Nc1ccccn1)c1cnn(-c2cccc(C(F)(F)F)c2)c1C(F)(F)F. The van der Waals surface area contributed by atoms with E-state index in [4.69, 9.17) is 0 Å². The lowest BCUT2D eigenvalue weighted by molar-refractivity contribution is -0.143. The largest absolute Gasteiger partial charge is 0.434 e. The highest BCUT2D eigenvalue weighted by atomic mass is 19.4. The maximum Gasteiger partial charge on any atom is 0.434 e. The van der Waals surface area contributed by atoms with Gasteiger partial charge in [0.15, 0.2) is 5.69 Å². The minimum atomic E-state index is -5.05. The smallest absolute Gasteiger partial charge is 0.306 e. The number of rotatable bonds is 3. The fourth-order valence-electron chi connectivity index (χ4n) is 2.42. The minimum Gasteiger partial charge on any atom is -0.306 e. The van der Waals surface area contributed by atoms with Crippen LogP contribution in [0.25, 0.3) is 5.69 Å². The Morgan fingerprint density at radius 2 is 1.71 bits per heavy atom. The minimum absolute atomic E-state index is 0.00689. The van der Waals surface area contributed by atoms with Gasteiger partial charge in [-0.1, -0.05) is 12.1 Å². The molecule has 5 nitrogen and oxygen atoms in total. The maximum atomic E-state index is 13.6. The number of aromatic nitrogens is 3. The molecule has 146 valence electrons. The van der Waals surface area contributed by atoms with Gasteiger partial charge < -0.3 is 5.32 Å². The first-order valence-corrected chi connectivity index (χ1v) is 7.62. The number of carbonyl (C=O) groups excluding carboxylic acids is 1. The highest BCUT2D eigenvalue weighted by molar-refractivity contribution is 6.04. The second-order valence-electron chi connectivity index (χ2n) is 5.53. The zero-order chi connectivity index (χ0) is 20.5. The van der Waals surface area contributed by atoms with Crippen molar-refractivity contribution in [2.45, 2.75) is 12.4 Å². The van der Waals surface area contributed by atoms with Gasteiger partial charge in [-0.2, -0.15) is 31.4 Å². The molecule has 2 heterocycles. The van der Waals surface area contributed by atoms with E-state index in [0.29, 0.717) is 12.3 Å². The first-order chi connectivity index (χ1) is 13.1. The number of amides is 1. The van der Waals surface area contributed by atoms with E-state index in [2.05, 4.69) is 15.4 Å². The highest BCUT2D eigenvalue weighted by Crippen LogP contribution is 2.35. The van der Waals surface area contributed by atoms with E-state index in [1.54, 1.807) is 6.07 Å². The number of halogens is 6. The summed E-state index contributed by atoms with van der Waals surface area (Å²) < 4.78 is 79.6. The summed E-state index contributed by atoms with van der Waals surface area (Å²) in [5.74, 6) is -1.14. The van der Waals surface area contributed by atoms with Crippen LogP contribution in [-0.4, -0.2) is 20.7 Å². The maximum absolute atomic E-state index is 13.6. The van der Waals surface area contributed by atoms with Crippen LogP contribution in [0.1, 0.15) is 21.6 Å². The van der Waals surface area contributed by atoms with Gasteiger partial charge in [0.05, 0.1) is 23.0 Å². The Morgan fingerprint density at radius 1 is 0.964 bits per heavy atom. The van der Waals surface area contributed by atoms with Crippen LogP contribution in [-0.2, 0) is 12.4 Å². The van der Waals surface area contributed by atoms with Gasteiger partial charge in [0.2, 0.25) is 0 Å². The van der Waals surface area contributed by atoms with Crippen LogP contribution in [0.4, 0.5) is 32.2 Å². The monoisotopic (exact) mass is 400 g/mol. The van der Waals surface area contributed by atoms with Crippen molar-refractivity contribution < 1.29 is 31.1 Å². The predicted octanol–water partition coefficient (Wildman–Crippen LogP) is 4.56. The Bertz CT molecular complexity index is 995. The number of pyridine rings is 1. The summed E-state index contributed by atoms with van der Waals surface area (Å²) in [5, 5.41) is 5.67. The molecule has 2 aromatic heterocycles. The second kappa shape index (κ2) is 6.98. The van der Waals surface area contributed by atoms with Crippen molar-refractivity contribution in [2.75, 3.05) is 5.32 Å². The second-order valence-corrected chi connectivity index (χ2v) is 5.53. The lowest BCUT2D eigenvalue weighted by Gasteiger charge is -2.14. The molecule has 3 aromatic rings. The average Bonchev–Trinajstić information content (AvgIpc) is 3.08. The van der Waals surface area contributed by atoms with Gasteiger partial charge >= 0.3 is 12.4 Å². The molecule has 1 aromatic carbocycles. The van der Waals surface area contributed by atoms with Crippen molar-refractivity contribution >= 4 is 11.7 Å². The molecular weight excluding hydrogens is 390 g/mol. The van der Waals surface area contributed by atoms with Crippen LogP contribution in [0, 0.1) is 0 Å². The molecule has 0 saturated heterocycles. The van der Waals surface area contributed by atoms with Crippen LogP contribution < -0.4 is 5.32 Å². The molecule has 0 aliphatic rings. The van der Waals surface area contributed by atoms with Gasteiger partial charge in [-0.05, 0) is 30.3 Å². The molecule has 0 atom stereocenters. The summed E-state index contributed by atoms with van der Waals surface area (Å²) in [6.07, 6.45) is -7.84. The van der Waals surface area contributed by atoms with Gasteiger partial charge in [0.25, 0.3) is 5.91 Å². The normalized spacial score (nSPS) is 12.1. The Balaban J connectivity index is 2.06. The molecule has 0 aliphatic carbocycles.